The van der Waals surface area contributed by atoms with E-state index < -0.39 is 0 Å². The van der Waals surface area contributed by atoms with Gasteiger partial charge in [-0.2, -0.15) is 0 Å². The third-order valence-electron chi connectivity index (χ3n) is 3.64. The lowest BCUT2D eigenvalue weighted by atomic mass is 10.2. The lowest BCUT2D eigenvalue weighted by molar-refractivity contribution is 0.0526. The van der Waals surface area contributed by atoms with E-state index in [2.05, 4.69) is 5.32 Å². The Morgan fingerprint density at radius 3 is 2.46 bits per heavy atom. The van der Waals surface area contributed by atoms with Gasteiger partial charge in [0, 0.05) is 19.3 Å². The molecule has 0 radical (unpaired) electrons. The van der Waals surface area contributed by atoms with Gasteiger partial charge in [-0.05, 0) is 50.2 Å². The lowest BCUT2D eigenvalue weighted by Crippen LogP contribution is -2.36. The van der Waals surface area contributed by atoms with E-state index in [1.165, 1.54) is 0 Å². The Kier molecular flexibility index (Phi) is 7.23. The van der Waals surface area contributed by atoms with Gasteiger partial charge in [-0.25, -0.2) is 9.59 Å². The number of ether oxygens (including phenoxy) is 2. The van der Waals surface area contributed by atoms with E-state index in [9.17, 15) is 9.59 Å². The number of hydrogen-bond acceptors (Lipinski definition) is 5. The SMILES string of the molecule is CCOC(=O)c1ccc(NC(=O)N(CCOC)Cc2ccc(C)o2)cc1. The second-order valence-electron chi connectivity index (χ2n) is 5.65. The maximum absolute atomic E-state index is 12.6. The van der Waals surface area contributed by atoms with E-state index in [1.807, 2.05) is 19.1 Å². The van der Waals surface area contributed by atoms with Crippen LogP contribution < -0.4 is 5.32 Å². The molecule has 2 aromatic rings. The van der Waals surface area contributed by atoms with Crippen LogP contribution in [0.5, 0.6) is 0 Å². The molecule has 0 spiro atoms. The topological polar surface area (TPSA) is 81.0 Å². The zero-order valence-electron chi connectivity index (χ0n) is 15.3. The molecule has 0 fully saturated rings. The molecular weight excluding hydrogens is 336 g/mol. The summed E-state index contributed by atoms with van der Waals surface area (Å²) in [7, 11) is 1.58. The summed E-state index contributed by atoms with van der Waals surface area (Å²) in [5, 5.41) is 2.81. The van der Waals surface area contributed by atoms with Gasteiger partial charge in [0.25, 0.3) is 0 Å². The number of benzene rings is 1. The van der Waals surface area contributed by atoms with Gasteiger partial charge < -0.3 is 24.1 Å². The van der Waals surface area contributed by atoms with E-state index in [1.54, 1.807) is 43.2 Å². The molecule has 0 aliphatic carbocycles. The van der Waals surface area contributed by atoms with Crippen molar-refractivity contribution in [2.75, 3.05) is 32.2 Å². The molecule has 0 unspecified atom stereocenters. The second-order valence-corrected chi connectivity index (χ2v) is 5.65. The summed E-state index contributed by atoms with van der Waals surface area (Å²) in [4.78, 5) is 25.8. The molecule has 26 heavy (non-hydrogen) atoms. The molecule has 7 heteroatoms. The summed E-state index contributed by atoms with van der Waals surface area (Å²) in [5.41, 5.74) is 1.02. The maximum Gasteiger partial charge on any atom is 0.338 e. The molecule has 7 nitrogen and oxygen atoms in total. The minimum Gasteiger partial charge on any atom is -0.464 e. The third kappa shape index (κ3) is 5.63. The number of esters is 1. The summed E-state index contributed by atoms with van der Waals surface area (Å²) >= 11 is 0. The van der Waals surface area contributed by atoms with Crippen molar-refractivity contribution in [3.8, 4) is 0 Å². The van der Waals surface area contributed by atoms with Gasteiger partial charge in [-0.3, -0.25) is 0 Å². The highest BCUT2D eigenvalue weighted by atomic mass is 16.5. The fourth-order valence-electron chi connectivity index (χ4n) is 2.32. The van der Waals surface area contributed by atoms with Crippen LogP contribution in [0.25, 0.3) is 0 Å². The first-order chi connectivity index (χ1) is 12.5. The highest BCUT2D eigenvalue weighted by Gasteiger charge is 2.16. The predicted molar refractivity (Wildman–Crippen MR) is 97.1 cm³/mol. The molecule has 1 heterocycles. The van der Waals surface area contributed by atoms with E-state index in [4.69, 9.17) is 13.9 Å². The number of anilines is 1. The fraction of sp³-hybridized carbons (Fsp3) is 0.368. The van der Waals surface area contributed by atoms with Crippen LogP contribution in [0, 0.1) is 6.92 Å². The van der Waals surface area contributed by atoms with Gasteiger partial charge in [-0.1, -0.05) is 0 Å². The predicted octanol–water partition coefficient (Wildman–Crippen LogP) is 3.45. The summed E-state index contributed by atoms with van der Waals surface area (Å²) < 4.78 is 15.6. The number of aryl methyl sites for hydroxylation is 1. The van der Waals surface area contributed by atoms with Crippen molar-refractivity contribution in [3.63, 3.8) is 0 Å². The van der Waals surface area contributed by atoms with Crippen molar-refractivity contribution in [2.24, 2.45) is 0 Å². The van der Waals surface area contributed by atoms with Crippen molar-refractivity contribution >= 4 is 17.7 Å². The Bertz CT molecular complexity index is 724. The van der Waals surface area contributed by atoms with Gasteiger partial charge in [0.15, 0.2) is 0 Å². The summed E-state index contributed by atoms with van der Waals surface area (Å²) in [6.45, 7) is 5.09. The molecule has 2 rings (SSSR count). The van der Waals surface area contributed by atoms with Crippen LogP contribution in [0.4, 0.5) is 10.5 Å². The van der Waals surface area contributed by atoms with E-state index in [0.717, 1.165) is 5.76 Å². The number of rotatable bonds is 8. The molecule has 2 amide bonds. The number of nitrogens with zero attached hydrogens (tertiary/aromatic N) is 1. The van der Waals surface area contributed by atoms with Crippen molar-refractivity contribution in [2.45, 2.75) is 20.4 Å². The Balaban J connectivity index is 2.02. The zero-order chi connectivity index (χ0) is 18.9. The Labute approximate surface area is 152 Å². The molecule has 0 bridgehead atoms. The number of urea groups is 1. The molecular formula is C19H24N2O5. The van der Waals surface area contributed by atoms with Crippen LogP contribution in [-0.2, 0) is 16.0 Å². The summed E-state index contributed by atoms with van der Waals surface area (Å²) in [6, 6.07) is 9.98. The largest absolute Gasteiger partial charge is 0.464 e. The van der Waals surface area contributed by atoms with Gasteiger partial charge in [0.2, 0.25) is 0 Å². The minimum absolute atomic E-state index is 0.278. The van der Waals surface area contributed by atoms with Crippen LogP contribution in [-0.4, -0.2) is 43.8 Å². The van der Waals surface area contributed by atoms with Crippen LogP contribution in [0.3, 0.4) is 0 Å². The number of carbonyl (C=O) groups excluding carboxylic acids is 2. The standard InChI is InChI=1S/C19H24N2O5/c1-4-25-18(22)15-6-8-16(9-7-15)20-19(23)21(11-12-24-3)13-17-10-5-14(2)26-17/h5-10H,4,11-13H2,1-3H3,(H,20,23). The number of hydrogen-bond donors (Lipinski definition) is 1. The van der Waals surface area contributed by atoms with Gasteiger partial charge in [-0.15, -0.1) is 0 Å². The normalized spacial score (nSPS) is 10.4. The van der Waals surface area contributed by atoms with Crippen molar-refractivity contribution in [1.29, 1.82) is 0 Å². The first kappa shape index (κ1) is 19.5. The fourth-order valence-corrected chi connectivity index (χ4v) is 2.32. The number of amides is 2. The Morgan fingerprint density at radius 1 is 1.15 bits per heavy atom. The van der Waals surface area contributed by atoms with Crippen LogP contribution in [0.1, 0.15) is 28.8 Å². The van der Waals surface area contributed by atoms with Crippen molar-refractivity contribution in [1.82, 2.24) is 4.90 Å². The van der Waals surface area contributed by atoms with Gasteiger partial charge >= 0.3 is 12.0 Å². The average molecular weight is 360 g/mol. The monoisotopic (exact) mass is 360 g/mol. The molecule has 140 valence electrons. The molecule has 0 saturated heterocycles. The quantitative estimate of drug-likeness (QED) is 0.729. The van der Waals surface area contributed by atoms with Crippen molar-refractivity contribution in [3.05, 3.63) is 53.5 Å². The van der Waals surface area contributed by atoms with E-state index in [0.29, 0.717) is 43.3 Å². The highest BCUT2D eigenvalue weighted by molar-refractivity contribution is 5.92. The van der Waals surface area contributed by atoms with Crippen molar-refractivity contribution < 1.29 is 23.5 Å². The Hall–Kier alpha value is -2.80. The first-order valence-corrected chi connectivity index (χ1v) is 8.40. The van der Waals surface area contributed by atoms with Crippen LogP contribution in [0.2, 0.25) is 0 Å². The number of furan rings is 1. The molecule has 1 aromatic carbocycles. The maximum atomic E-state index is 12.6. The van der Waals surface area contributed by atoms with Gasteiger partial charge in [0.1, 0.15) is 11.5 Å². The molecule has 1 aromatic heterocycles. The zero-order valence-corrected chi connectivity index (χ0v) is 15.3. The first-order valence-electron chi connectivity index (χ1n) is 8.40. The minimum atomic E-state index is -0.389. The molecule has 0 saturated carbocycles. The van der Waals surface area contributed by atoms with E-state index in [-0.39, 0.29) is 12.0 Å². The number of methoxy groups -OCH3 is 1. The molecule has 0 aliphatic heterocycles. The van der Waals surface area contributed by atoms with Crippen LogP contribution in [0.15, 0.2) is 40.8 Å². The Morgan fingerprint density at radius 2 is 1.88 bits per heavy atom. The summed E-state index contributed by atoms with van der Waals surface area (Å²) in [5.74, 6) is 1.10. The molecule has 1 N–H and O–H groups in total. The smallest absolute Gasteiger partial charge is 0.338 e. The summed E-state index contributed by atoms with van der Waals surface area (Å²) in [6.07, 6.45) is 0. The van der Waals surface area contributed by atoms with Crippen LogP contribution >= 0.6 is 0 Å². The molecule has 0 aliphatic rings. The highest BCUT2D eigenvalue weighted by Crippen LogP contribution is 2.14. The average Bonchev–Trinajstić information content (AvgIpc) is 3.04. The molecule has 0 atom stereocenters. The number of nitrogens with one attached hydrogen (secondary N) is 1. The third-order valence-corrected chi connectivity index (χ3v) is 3.64. The lowest BCUT2D eigenvalue weighted by Gasteiger charge is -2.22. The van der Waals surface area contributed by atoms with Gasteiger partial charge in [0.05, 0.1) is 25.3 Å². The number of carbonyl (C=O) groups is 2. The van der Waals surface area contributed by atoms with E-state index >= 15 is 0 Å². The second kappa shape index (κ2) is 9.62.